The summed E-state index contributed by atoms with van der Waals surface area (Å²) in [4.78, 5) is 21.8. The Balaban J connectivity index is 1.45. The molecule has 2 aliphatic heterocycles. The predicted octanol–water partition coefficient (Wildman–Crippen LogP) is 5.66. The van der Waals surface area contributed by atoms with E-state index in [9.17, 15) is 18.0 Å². The molecule has 2 saturated heterocycles. The highest BCUT2D eigenvalue weighted by Gasteiger charge is 2.46. The molecule has 2 bridgehead atoms. The number of benzene rings is 1. The van der Waals surface area contributed by atoms with Crippen LogP contribution in [0.3, 0.4) is 0 Å². The van der Waals surface area contributed by atoms with Crippen LogP contribution in [0.2, 0.25) is 0 Å². The molecule has 1 aliphatic carbocycles. The highest BCUT2D eigenvalue weighted by atomic mass is 32.1. The third kappa shape index (κ3) is 4.56. The van der Waals surface area contributed by atoms with Crippen LogP contribution in [-0.2, 0) is 11.0 Å². The van der Waals surface area contributed by atoms with Gasteiger partial charge < -0.3 is 19.5 Å². The molecule has 0 spiro atoms. The lowest BCUT2D eigenvalue weighted by atomic mass is 9.76. The number of thiocarbonyl (C=S) groups is 1. The Labute approximate surface area is 226 Å². The smallest absolute Gasteiger partial charge is 0.320 e. The number of nitriles is 1. The minimum absolute atomic E-state index is 0.0881. The Morgan fingerprint density at radius 2 is 1.82 bits per heavy atom. The lowest BCUT2D eigenvalue weighted by molar-refractivity contribution is -0.138. The first-order valence-corrected chi connectivity index (χ1v) is 13.3. The van der Waals surface area contributed by atoms with E-state index in [-0.39, 0.29) is 10.8 Å². The van der Waals surface area contributed by atoms with E-state index in [1.807, 2.05) is 12.1 Å². The van der Waals surface area contributed by atoms with Gasteiger partial charge in [0, 0.05) is 24.8 Å². The molecule has 1 aromatic carbocycles. The van der Waals surface area contributed by atoms with Gasteiger partial charge in [-0.05, 0) is 93.9 Å². The summed E-state index contributed by atoms with van der Waals surface area (Å²) >= 11 is 5.80. The maximum Gasteiger partial charge on any atom is 0.419 e. The van der Waals surface area contributed by atoms with Gasteiger partial charge in [-0.15, -0.1) is 0 Å². The highest BCUT2D eigenvalue weighted by molar-refractivity contribution is 7.80. The van der Waals surface area contributed by atoms with Crippen molar-refractivity contribution in [1.29, 1.82) is 5.26 Å². The number of rotatable bonds is 5. The standard InChI is InChI=1S/C28H30F3N5OS/c1-34-21-8-9-22(34)13-19(12-21)18-4-6-20(7-5-18)36(27(17-37)10-3-11-27)26(38)35(2)23-14-24(28(29,30)31)25(15-32)33-16-23/h4-7,14,16-17,19,21-22H,3,8-13H2,1-2H3. The van der Waals surface area contributed by atoms with E-state index < -0.39 is 23.0 Å². The highest BCUT2D eigenvalue weighted by Crippen LogP contribution is 2.44. The molecular weight excluding hydrogens is 511 g/mol. The topological polar surface area (TPSA) is 63.5 Å². The van der Waals surface area contributed by atoms with Gasteiger partial charge in [0.1, 0.15) is 17.9 Å². The molecule has 0 amide bonds. The number of halogens is 3. The van der Waals surface area contributed by atoms with Gasteiger partial charge in [-0.2, -0.15) is 18.4 Å². The van der Waals surface area contributed by atoms with Crippen molar-refractivity contribution in [3.63, 3.8) is 0 Å². The fraction of sp³-hybridized carbons (Fsp3) is 0.500. The Hall–Kier alpha value is -3.03. The minimum Gasteiger partial charge on any atom is -0.320 e. The van der Waals surface area contributed by atoms with Gasteiger partial charge in [0.2, 0.25) is 0 Å². The number of carbonyl (C=O) groups is 1. The minimum atomic E-state index is -4.74. The number of aromatic nitrogens is 1. The number of hydrogen-bond donors (Lipinski definition) is 0. The number of aldehydes is 1. The Morgan fingerprint density at radius 1 is 1.18 bits per heavy atom. The van der Waals surface area contributed by atoms with Crippen molar-refractivity contribution in [2.45, 2.75) is 74.7 Å². The summed E-state index contributed by atoms with van der Waals surface area (Å²) < 4.78 is 40.7. The predicted molar refractivity (Wildman–Crippen MR) is 143 cm³/mol. The Morgan fingerprint density at radius 3 is 2.32 bits per heavy atom. The second kappa shape index (κ2) is 9.93. The van der Waals surface area contributed by atoms with Crippen LogP contribution in [0.5, 0.6) is 0 Å². The lowest BCUT2D eigenvalue weighted by Crippen LogP contribution is -2.60. The molecule has 3 aliphatic rings. The normalized spacial score (nSPS) is 24.3. The second-order valence-electron chi connectivity index (χ2n) is 10.8. The molecule has 10 heteroatoms. The number of fused-ring (bicyclic) bond motifs is 2. The average Bonchev–Trinajstić information content (AvgIpc) is 3.08. The van der Waals surface area contributed by atoms with E-state index in [4.69, 9.17) is 17.5 Å². The fourth-order valence-electron chi connectivity index (χ4n) is 6.27. The first-order chi connectivity index (χ1) is 18.1. The van der Waals surface area contributed by atoms with Gasteiger partial charge in [0.25, 0.3) is 0 Å². The molecule has 200 valence electrons. The molecule has 5 rings (SSSR count). The summed E-state index contributed by atoms with van der Waals surface area (Å²) in [5, 5.41) is 9.29. The number of pyridine rings is 1. The third-order valence-electron chi connectivity index (χ3n) is 8.76. The van der Waals surface area contributed by atoms with E-state index in [1.165, 1.54) is 35.6 Å². The largest absolute Gasteiger partial charge is 0.419 e. The van der Waals surface area contributed by atoms with Gasteiger partial charge in [-0.25, -0.2) is 4.98 Å². The van der Waals surface area contributed by atoms with Crippen LogP contribution in [-0.4, -0.2) is 53.0 Å². The molecule has 3 fully saturated rings. The van der Waals surface area contributed by atoms with Crippen molar-refractivity contribution in [1.82, 2.24) is 9.88 Å². The van der Waals surface area contributed by atoms with Gasteiger partial charge in [-0.1, -0.05) is 12.1 Å². The second-order valence-corrected chi connectivity index (χ2v) is 11.1. The summed E-state index contributed by atoms with van der Waals surface area (Å²) in [6.45, 7) is 0. The van der Waals surface area contributed by atoms with Crippen molar-refractivity contribution >= 4 is 35.0 Å². The molecular formula is C28H30F3N5OS. The number of piperidine rings is 1. The molecule has 38 heavy (non-hydrogen) atoms. The van der Waals surface area contributed by atoms with Crippen LogP contribution in [0, 0.1) is 11.3 Å². The molecule has 1 aromatic heterocycles. The first kappa shape index (κ1) is 26.6. The molecule has 0 radical (unpaired) electrons. The molecule has 3 heterocycles. The van der Waals surface area contributed by atoms with Crippen molar-refractivity contribution in [3.05, 3.63) is 53.3 Å². The first-order valence-electron chi connectivity index (χ1n) is 12.9. The van der Waals surface area contributed by atoms with Crippen molar-refractivity contribution in [3.8, 4) is 6.07 Å². The van der Waals surface area contributed by atoms with Crippen LogP contribution >= 0.6 is 12.2 Å². The van der Waals surface area contributed by atoms with Crippen LogP contribution < -0.4 is 9.80 Å². The number of anilines is 2. The Bertz CT molecular complexity index is 1260. The SMILES string of the molecule is CN(C(=S)N(c1ccc(C2CC3CCC(C2)N3C)cc1)C1(C=O)CCC1)c1cnc(C#N)c(C(F)(F)F)c1. The Kier molecular flexibility index (Phi) is 6.95. The van der Waals surface area contributed by atoms with E-state index in [2.05, 4.69) is 29.1 Å². The van der Waals surface area contributed by atoms with Crippen LogP contribution in [0.25, 0.3) is 0 Å². The van der Waals surface area contributed by atoms with Gasteiger partial charge in [-0.3, -0.25) is 0 Å². The zero-order chi connectivity index (χ0) is 27.2. The van der Waals surface area contributed by atoms with Gasteiger partial charge in [0.15, 0.2) is 10.8 Å². The average molecular weight is 542 g/mol. The van der Waals surface area contributed by atoms with Gasteiger partial charge >= 0.3 is 6.18 Å². The summed E-state index contributed by atoms with van der Waals surface area (Å²) in [6.07, 6.45) is 4.16. The zero-order valence-corrected chi connectivity index (χ0v) is 22.2. The molecule has 0 N–H and O–H groups in total. The van der Waals surface area contributed by atoms with Crippen LogP contribution in [0.4, 0.5) is 24.5 Å². The maximum atomic E-state index is 13.6. The van der Waals surface area contributed by atoms with Crippen molar-refractivity contribution < 1.29 is 18.0 Å². The molecule has 1 saturated carbocycles. The number of nitrogens with zero attached hydrogens (tertiary/aromatic N) is 5. The maximum absolute atomic E-state index is 13.6. The van der Waals surface area contributed by atoms with E-state index in [0.29, 0.717) is 30.8 Å². The number of alkyl halides is 3. The molecule has 2 atom stereocenters. The quantitative estimate of drug-likeness (QED) is 0.358. The monoisotopic (exact) mass is 541 g/mol. The van der Waals surface area contributed by atoms with E-state index in [1.54, 1.807) is 11.9 Å². The molecule has 6 nitrogen and oxygen atoms in total. The lowest BCUT2D eigenvalue weighted by Gasteiger charge is -2.49. The summed E-state index contributed by atoms with van der Waals surface area (Å²) in [6, 6.07) is 11.8. The number of hydrogen-bond acceptors (Lipinski definition) is 5. The van der Waals surface area contributed by atoms with Crippen LogP contribution in [0.1, 0.15) is 67.7 Å². The van der Waals surface area contributed by atoms with E-state index in [0.717, 1.165) is 37.3 Å². The summed E-state index contributed by atoms with van der Waals surface area (Å²) in [7, 11) is 3.77. The summed E-state index contributed by atoms with van der Waals surface area (Å²) in [5.74, 6) is 0.482. The van der Waals surface area contributed by atoms with Crippen LogP contribution in [0.15, 0.2) is 36.5 Å². The summed E-state index contributed by atoms with van der Waals surface area (Å²) in [5.41, 5.74) is -0.594. The van der Waals surface area contributed by atoms with Crippen molar-refractivity contribution in [2.24, 2.45) is 0 Å². The molecule has 2 aromatic rings. The molecule has 2 unspecified atom stereocenters. The third-order valence-corrected chi connectivity index (χ3v) is 9.21. The van der Waals surface area contributed by atoms with Crippen molar-refractivity contribution in [2.75, 3.05) is 23.9 Å². The fourth-order valence-corrected chi connectivity index (χ4v) is 6.67. The zero-order valence-electron chi connectivity index (χ0n) is 21.4. The van der Waals surface area contributed by atoms with E-state index >= 15 is 0 Å². The number of carbonyl (C=O) groups excluding carboxylic acids is 1. The van der Waals surface area contributed by atoms with Gasteiger partial charge in [0.05, 0.1) is 17.4 Å².